The average Bonchev–Trinajstić information content (AvgIpc) is 2.85. The Labute approximate surface area is 213 Å². The molecule has 0 saturated carbocycles. The largest absolute Gasteiger partial charge is 0.486 e. The lowest BCUT2D eigenvalue weighted by Gasteiger charge is -2.34. The monoisotopic (exact) mass is 532 g/mol. The first kappa shape index (κ1) is 25.3. The molecule has 0 N–H and O–H groups in total. The van der Waals surface area contributed by atoms with Crippen molar-refractivity contribution in [2.75, 3.05) is 47.5 Å². The van der Waals surface area contributed by atoms with E-state index in [9.17, 15) is 21.6 Å². The number of ether oxygens (including phenoxy) is 1. The van der Waals surface area contributed by atoms with Crippen LogP contribution in [0.5, 0.6) is 5.75 Å². The summed E-state index contributed by atoms with van der Waals surface area (Å²) >= 11 is 0. The van der Waals surface area contributed by atoms with E-state index < -0.39 is 27.3 Å². The third-order valence-corrected chi connectivity index (χ3v) is 8.27. The Morgan fingerprint density at radius 3 is 2.43 bits per heavy atom. The van der Waals surface area contributed by atoms with Crippen molar-refractivity contribution in [2.45, 2.75) is 26.3 Å². The second kappa shape index (κ2) is 9.85. The van der Waals surface area contributed by atoms with Crippen molar-refractivity contribution in [3.05, 3.63) is 65.4 Å². The molecule has 37 heavy (non-hydrogen) atoms. The quantitative estimate of drug-likeness (QED) is 0.492. The molecule has 196 valence electrons. The zero-order valence-corrected chi connectivity index (χ0v) is 21.4. The molecule has 2 aliphatic rings. The molecule has 0 amide bonds. The van der Waals surface area contributed by atoms with Gasteiger partial charge in [0.15, 0.2) is 27.2 Å². The number of nitrogens with zero attached hydrogens (tertiary/aromatic N) is 4. The van der Waals surface area contributed by atoms with Crippen LogP contribution in [0.15, 0.2) is 36.5 Å². The highest BCUT2D eigenvalue weighted by molar-refractivity contribution is 7.91. The molecule has 3 aromatic rings. The van der Waals surface area contributed by atoms with Crippen LogP contribution in [-0.4, -0.2) is 62.2 Å². The number of anilines is 2. The van der Waals surface area contributed by atoms with E-state index in [2.05, 4.69) is 9.97 Å². The lowest BCUT2D eigenvalue weighted by molar-refractivity contribution is 0.287. The molecule has 0 bridgehead atoms. The Balaban J connectivity index is 1.41. The lowest BCUT2D eigenvalue weighted by Crippen LogP contribution is -2.40. The van der Waals surface area contributed by atoms with E-state index in [1.807, 2.05) is 18.7 Å². The van der Waals surface area contributed by atoms with Gasteiger partial charge in [-0.2, -0.15) is 0 Å². The standard InChI is InChI=1S/C26H27F3N4O3S/c1-16(2)33-5-8-36-26-20(28)13-18(14-23(26)33)25-21(29)15-30-24(31-25)12-17-3-4-22(19(27)11-17)32-6-9-37(34,35)10-7-32/h3-4,11,13-16H,5-10,12H2,1-2H3. The van der Waals surface area contributed by atoms with Gasteiger partial charge in [-0.15, -0.1) is 0 Å². The van der Waals surface area contributed by atoms with Crippen LogP contribution in [0.3, 0.4) is 0 Å². The maximum atomic E-state index is 14.9. The molecule has 0 aliphatic carbocycles. The summed E-state index contributed by atoms with van der Waals surface area (Å²) in [5.41, 5.74) is 1.65. The highest BCUT2D eigenvalue weighted by atomic mass is 32.2. The fourth-order valence-corrected chi connectivity index (χ4v) is 5.92. The maximum absolute atomic E-state index is 14.9. The second-order valence-corrected chi connectivity index (χ2v) is 11.8. The number of hydrogen-bond donors (Lipinski definition) is 0. The first-order valence-corrected chi connectivity index (χ1v) is 13.9. The fraction of sp³-hybridized carbons (Fsp3) is 0.385. The summed E-state index contributed by atoms with van der Waals surface area (Å²) in [6, 6.07) is 7.62. The summed E-state index contributed by atoms with van der Waals surface area (Å²) < 4.78 is 73.5. The molecule has 2 aliphatic heterocycles. The molecular formula is C26H27F3N4O3S. The zero-order valence-electron chi connectivity index (χ0n) is 20.5. The van der Waals surface area contributed by atoms with Gasteiger partial charge in [0, 0.05) is 31.1 Å². The van der Waals surface area contributed by atoms with Gasteiger partial charge >= 0.3 is 0 Å². The zero-order chi connectivity index (χ0) is 26.3. The third-order valence-electron chi connectivity index (χ3n) is 6.66. The van der Waals surface area contributed by atoms with Crippen LogP contribution in [0.1, 0.15) is 25.2 Å². The SMILES string of the molecule is CC(C)N1CCOc2c(F)cc(-c3nc(Cc4ccc(N5CCS(=O)(=O)CC5)c(F)c4)ncc3F)cc21. The Kier molecular flexibility index (Phi) is 6.74. The van der Waals surface area contributed by atoms with Gasteiger partial charge in [-0.3, -0.25) is 0 Å². The summed E-state index contributed by atoms with van der Waals surface area (Å²) in [5.74, 6) is -1.40. The van der Waals surface area contributed by atoms with Gasteiger partial charge in [-0.25, -0.2) is 31.6 Å². The van der Waals surface area contributed by atoms with Gasteiger partial charge in [-0.1, -0.05) is 6.07 Å². The van der Waals surface area contributed by atoms with E-state index in [-0.39, 0.29) is 59.9 Å². The van der Waals surface area contributed by atoms with Crippen molar-refractivity contribution in [3.63, 3.8) is 0 Å². The predicted octanol–water partition coefficient (Wildman–Crippen LogP) is 3.99. The number of benzene rings is 2. The molecule has 0 radical (unpaired) electrons. The smallest absolute Gasteiger partial charge is 0.178 e. The van der Waals surface area contributed by atoms with Crippen LogP contribution >= 0.6 is 0 Å². The van der Waals surface area contributed by atoms with E-state index in [0.717, 1.165) is 6.20 Å². The second-order valence-electron chi connectivity index (χ2n) is 9.53. The topological polar surface area (TPSA) is 75.6 Å². The molecule has 1 fully saturated rings. The van der Waals surface area contributed by atoms with E-state index in [1.165, 1.54) is 12.1 Å². The number of aromatic nitrogens is 2. The first-order valence-electron chi connectivity index (χ1n) is 12.1. The van der Waals surface area contributed by atoms with E-state index in [0.29, 0.717) is 30.1 Å². The Bertz CT molecular complexity index is 1440. The van der Waals surface area contributed by atoms with E-state index in [1.54, 1.807) is 23.1 Å². The van der Waals surface area contributed by atoms with Crippen molar-refractivity contribution in [1.29, 1.82) is 0 Å². The van der Waals surface area contributed by atoms with Crippen LogP contribution in [-0.2, 0) is 16.3 Å². The van der Waals surface area contributed by atoms with Crippen LogP contribution in [0.2, 0.25) is 0 Å². The van der Waals surface area contributed by atoms with Gasteiger partial charge < -0.3 is 14.5 Å². The van der Waals surface area contributed by atoms with Crippen LogP contribution in [0.25, 0.3) is 11.3 Å². The maximum Gasteiger partial charge on any atom is 0.178 e. The molecule has 5 rings (SSSR count). The number of rotatable bonds is 5. The van der Waals surface area contributed by atoms with Gasteiger partial charge in [0.25, 0.3) is 0 Å². The number of fused-ring (bicyclic) bond motifs is 1. The number of halogens is 3. The minimum atomic E-state index is -3.08. The highest BCUT2D eigenvalue weighted by Crippen LogP contribution is 2.39. The predicted molar refractivity (Wildman–Crippen MR) is 135 cm³/mol. The third kappa shape index (κ3) is 5.22. The normalized spacial score (nSPS) is 17.0. The van der Waals surface area contributed by atoms with Gasteiger partial charge in [0.05, 0.1) is 35.6 Å². The number of sulfone groups is 1. The molecular weight excluding hydrogens is 505 g/mol. The summed E-state index contributed by atoms with van der Waals surface area (Å²) in [6.45, 7) is 5.39. The molecule has 0 spiro atoms. The van der Waals surface area contributed by atoms with E-state index in [4.69, 9.17) is 4.74 Å². The van der Waals surface area contributed by atoms with Crippen LogP contribution in [0, 0.1) is 17.5 Å². The average molecular weight is 533 g/mol. The Morgan fingerprint density at radius 1 is 0.973 bits per heavy atom. The lowest BCUT2D eigenvalue weighted by atomic mass is 10.1. The van der Waals surface area contributed by atoms with Crippen molar-refractivity contribution >= 4 is 21.2 Å². The molecule has 2 aromatic carbocycles. The molecule has 0 unspecified atom stereocenters. The first-order chi connectivity index (χ1) is 17.6. The van der Waals surface area contributed by atoms with Gasteiger partial charge in [0.1, 0.15) is 23.9 Å². The molecule has 1 saturated heterocycles. The Morgan fingerprint density at radius 2 is 1.73 bits per heavy atom. The van der Waals surface area contributed by atoms with Gasteiger partial charge in [0.2, 0.25) is 0 Å². The van der Waals surface area contributed by atoms with Crippen LogP contribution in [0.4, 0.5) is 24.5 Å². The summed E-state index contributed by atoms with van der Waals surface area (Å²) in [5, 5.41) is 0. The van der Waals surface area contributed by atoms with Crippen molar-refractivity contribution in [3.8, 4) is 17.0 Å². The van der Waals surface area contributed by atoms with Crippen molar-refractivity contribution < 1.29 is 26.3 Å². The Hall–Kier alpha value is -3.34. The van der Waals surface area contributed by atoms with Crippen molar-refractivity contribution in [2.24, 2.45) is 0 Å². The van der Waals surface area contributed by atoms with E-state index >= 15 is 0 Å². The molecule has 0 atom stereocenters. The highest BCUT2D eigenvalue weighted by Gasteiger charge is 2.26. The van der Waals surface area contributed by atoms with Crippen molar-refractivity contribution in [1.82, 2.24) is 9.97 Å². The minimum absolute atomic E-state index is 0.00920. The molecule has 7 nitrogen and oxygen atoms in total. The van der Waals surface area contributed by atoms with Gasteiger partial charge in [-0.05, 0) is 43.7 Å². The molecule has 3 heterocycles. The summed E-state index contributed by atoms with van der Waals surface area (Å²) in [6.07, 6.45) is 1.16. The summed E-state index contributed by atoms with van der Waals surface area (Å²) in [4.78, 5) is 12.1. The number of hydrogen-bond acceptors (Lipinski definition) is 7. The molecule has 1 aromatic heterocycles. The minimum Gasteiger partial charge on any atom is -0.486 e. The fourth-order valence-electron chi connectivity index (χ4n) is 4.72. The summed E-state index contributed by atoms with van der Waals surface area (Å²) in [7, 11) is -3.08. The molecule has 11 heteroatoms. The van der Waals surface area contributed by atoms with Crippen LogP contribution < -0.4 is 14.5 Å².